The number of aromatic nitrogens is 1. The summed E-state index contributed by atoms with van der Waals surface area (Å²) in [7, 11) is 0. The fraction of sp³-hybridized carbons (Fsp3) is 0.360. The molecule has 1 aromatic carbocycles. The van der Waals surface area contributed by atoms with Gasteiger partial charge in [0.15, 0.2) is 0 Å². The molecular weight excluding hydrogens is 436 g/mol. The summed E-state index contributed by atoms with van der Waals surface area (Å²) < 4.78 is 5.27. The molecule has 0 radical (unpaired) electrons. The zero-order chi connectivity index (χ0) is 24.5. The number of pyridine rings is 1. The van der Waals surface area contributed by atoms with Gasteiger partial charge in [0.05, 0.1) is 18.3 Å². The first-order chi connectivity index (χ1) is 16.4. The molecule has 0 bridgehead atoms. The Balaban J connectivity index is 1.79. The molecule has 2 unspecified atom stereocenters. The number of benzene rings is 1. The SMILES string of the molecule is CC(C)CC(CC(=O)NO)C(=O)NC(Cc1cnc2ccccc2c1)C(=O)NCc1ccco1. The Morgan fingerprint density at radius 2 is 1.88 bits per heavy atom. The van der Waals surface area contributed by atoms with Crippen LogP contribution in [0.4, 0.5) is 0 Å². The summed E-state index contributed by atoms with van der Waals surface area (Å²) in [5, 5.41) is 15.4. The van der Waals surface area contributed by atoms with E-state index in [0.717, 1.165) is 16.5 Å². The number of carbonyl (C=O) groups is 3. The van der Waals surface area contributed by atoms with Crippen molar-refractivity contribution in [2.75, 3.05) is 0 Å². The molecule has 180 valence electrons. The molecule has 2 atom stereocenters. The molecule has 9 heteroatoms. The summed E-state index contributed by atoms with van der Waals surface area (Å²) in [6, 6.07) is 12.2. The van der Waals surface area contributed by atoms with Crippen LogP contribution in [0.1, 0.15) is 38.0 Å². The van der Waals surface area contributed by atoms with Crippen LogP contribution < -0.4 is 16.1 Å². The maximum Gasteiger partial charge on any atom is 0.244 e. The summed E-state index contributed by atoms with van der Waals surface area (Å²) in [5.74, 6) is -1.43. The molecule has 0 spiro atoms. The lowest BCUT2D eigenvalue weighted by Crippen LogP contribution is -2.50. The van der Waals surface area contributed by atoms with Gasteiger partial charge in [-0.1, -0.05) is 32.0 Å². The van der Waals surface area contributed by atoms with Crippen LogP contribution in [-0.2, 0) is 27.3 Å². The largest absolute Gasteiger partial charge is 0.467 e. The maximum absolute atomic E-state index is 13.1. The Morgan fingerprint density at radius 1 is 1.09 bits per heavy atom. The van der Waals surface area contributed by atoms with Gasteiger partial charge in [0, 0.05) is 30.3 Å². The van der Waals surface area contributed by atoms with Crippen molar-refractivity contribution in [3.8, 4) is 0 Å². The van der Waals surface area contributed by atoms with Crippen LogP contribution in [0.2, 0.25) is 0 Å². The number of rotatable bonds is 11. The zero-order valence-corrected chi connectivity index (χ0v) is 19.3. The molecule has 0 fully saturated rings. The molecule has 3 aromatic rings. The highest BCUT2D eigenvalue weighted by Crippen LogP contribution is 2.18. The average molecular weight is 467 g/mol. The van der Waals surface area contributed by atoms with E-state index in [1.54, 1.807) is 23.8 Å². The first-order valence-electron chi connectivity index (χ1n) is 11.2. The topological polar surface area (TPSA) is 134 Å². The van der Waals surface area contributed by atoms with Gasteiger partial charge in [0.25, 0.3) is 0 Å². The second kappa shape index (κ2) is 11.9. The molecule has 0 aliphatic heterocycles. The number of para-hydroxylation sites is 1. The molecule has 9 nitrogen and oxygen atoms in total. The van der Waals surface area contributed by atoms with Crippen molar-refractivity contribution < 1.29 is 24.0 Å². The second-order valence-electron chi connectivity index (χ2n) is 8.66. The fourth-order valence-corrected chi connectivity index (χ4v) is 3.79. The molecule has 3 amide bonds. The van der Waals surface area contributed by atoms with Crippen molar-refractivity contribution in [1.82, 2.24) is 21.1 Å². The van der Waals surface area contributed by atoms with E-state index in [1.165, 1.54) is 6.26 Å². The predicted molar refractivity (Wildman–Crippen MR) is 125 cm³/mol. The highest BCUT2D eigenvalue weighted by atomic mass is 16.5. The second-order valence-corrected chi connectivity index (χ2v) is 8.66. The van der Waals surface area contributed by atoms with Crippen molar-refractivity contribution >= 4 is 28.6 Å². The minimum Gasteiger partial charge on any atom is -0.467 e. The third-order valence-corrected chi connectivity index (χ3v) is 5.42. The van der Waals surface area contributed by atoms with Crippen LogP contribution in [0.25, 0.3) is 10.9 Å². The minimum absolute atomic E-state index is 0.137. The van der Waals surface area contributed by atoms with Crippen molar-refractivity contribution in [2.45, 2.75) is 45.7 Å². The quantitative estimate of drug-likeness (QED) is 0.254. The summed E-state index contributed by atoms with van der Waals surface area (Å²) in [6.07, 6.45) is 3.67. The van der Waals surface area contributed by atoms with Crippen LogP contribution in [-0.4, -0.2) is 34.0 Å². The molecular formula is C25H30N4O5. The van der Waals surface area contributed by atoms with E-state index in [4.69, 9.17) is 9.62 Å². The van der Waals surface area contributed by atoms with E-state index >= 15 is 0 Å². The first kappa shape index (κ1) is 24.9. The molecule has 3 rings (SSSR count). The van der Waals surface area contributed by atoms with Crippen LogP contribution in [0.15, 0.2) is 59.3 Å². The van der Waals surface area contributed by atoms with Gasteiger partial charge in [0.2, 0.25) is 17.7 Å². The van der Waals surface area contributed by atoms with E-state index < -0.39 is 23.8 Å². The number of fused-ring (bicyclic) bond motifs is 1. The smallest absolute Gasteiger partial charge is 0.244 e. The van der Waals surface area contributed by atoms with Gasteiger partial charge in [0.1, 0.15) is 11.8 Å². The monoisotopic (exact) mass is 466 g/mol. The van der Waals surface area contributed by atoms with E-state index in [9.17, 15) is 14.4 Å². The predicted octanol–water partition coefficient (Wildman–Crippen LogP) is 2.73. The minimum atomic E-state index is -0.891. The van der Waals surface area contributed by atoms with E-state index in [1.807, 2.05) is 44.2 Å². The van der Waals surface area contributed by atoms with Crippen molar-refractivity contribution in [3.05, 3.63) is 66.2 Å². The summed E-state index contributed by atoms with van der Waals surface area (Å²) in [6.45, 7) is 4.05. The van der Waals surface area contributed by atoms with Gasteiger partial charge in [-0.3, -0.25) is 24.6 Å². The van der Waals surface area contributed by atoms with Gasteiger partial charge in [-0.05, 0) is 42.2 Å². The highest BCUT2D eigenvalue weighted by Gasteiger charge is 2.28. The Kier molecular flexibility index (Phi) is 8.75. The molecule has 0 aliphatic carbocycles. The Labute approximate surface area is 197 Å². The molecule has 0 saturated carbocycles. The van der Waals surface area contributed by atoms with E-state index in [-0.39, 0.29) is 31.2 Å². The van der Waals surface area contributed by atoms with Crippen molar-refractivity contribution in [1.29, 1.82) is 0 Å². The van der Waals surface area contributed by atoms with Crippen LogP contribution in [0.5, 0.6) is 0 Å². The van der Waals surface area contributed by atoms with Crippen LogP contribution in [0.3, 0.4) is 0 Å². The van der Waals surface area contributed by atoms with Crippen molar-refractivity contribution in [3.63, 3.8) is 0 Å². The maximum atomic E-state index is 13.1. The summed E-state index contributed by atoms with van der Waals surface area (Å²) in [4.78, 5) is 42.3. The summed E-state index contributed by atoms with van der Waals surface area (Å²) >= 11 is 0. The normalized spacial score (nSPS) is 12.8. The van der Waals surface area contributed by atoms with Gasteiger partial charge >= 0.3 is 0 Å². The van der Waals surface area contributed by atoms with Gasteiger partial charge in [-0.25, -0.2) is 5.48 Å². The Bertz CT molecular complexity index is 1110. The lowest BCUT2D eigenvalue weighted by atomic mass is 9.92. The van der Waals surface area contributed by atoms with Crippen LogP contribution >= 0.6 is 0 Å². The number of hydrogen-bond acceptors (Lipinski definition) is 6. The molecule has 2 heterocycles. The van der Waals surface area contributed by atoms with Crippen LogP contribution in [0, 0.1) is 11.8 Å². The number of nitrogens with zero attached hydrogens (tertiary/aromatic N) is 1. The number of nitrogens with one attached hydrogen (secondary N) is 3. The number of hydroxylamine groups is 1. The lowest BCUT2D eigenvalue weighted by molar-refractivity contribution is -0.136. The van der Waals surface area contributed by atoms with Crippen molar-refractivity contribution in [2.24, 2.45) is 11.8 Å². The number of hydrogen-bond donors (Lipinski definition) is 4. The highest BCUT2D eigenvalue weighted by molar-refractivity contribution is 5.91. The molecule has 4 N–H and O–H groups in total. The average Bonchev–Trinajstić information content (AvgIpc) is 3.35. The zero-order valence-electron chi connectivity index (χ0n) is 19.3. The number of amides is 3. The number of furan rings is 1. The van der Waals surface area contributed by atoms with E-state index in [0.29, 0.717) is 12.2 Å². The van der Waals surface area contributed by atoms with Gasteiger partial charge in [-0.2, -0.15) is 0 Å². The molecule has 0 saturated heterocycles. The Morgan fingerprint density at radius 3 is 2.59 bits per heavy atom. The first-order valence-corrected chi connectivity index (χ1v) is 11.2. The number of carbonyl (C=O) groups excluding carboxylic acids is 3. The third kappa shape index (κ3) is 7.14. The fourth-order valence-electron chi connectivity index (χ4n) is 3.79. The molecule has 2 aromatic heterocycles. The standard InChI is InChI=1S/C25H30N4O5/c1-16(2)10-19(13-23(30)29-33)24(31)28-22(25(32)27-15-20-7-5-9-34-20)12-17-11-18-6-3-4-8-21(18)26-14-17/h3-9,11,14,16,19,22,33H,10,12-13,15H2,1-2H3,(H,27,32)(H,28,31)(H,29,30). The lowest BCUT2D eigenvalue weighted by Gasteiger charge is -2.23. The van der Waals surface area contributed by atoms with E-state index in [2.05, 4.69) is 15.6 Å². The molecule has 0 aliphatic rings. The van der Waals surface area contributed by atoms with Gasteiger partial charge < -0.3 is 15.1 Å². The molecule has 34 heavy (non-hydrogen) atoms. The Hall–Kier alpha value is -3.72. The van der Waals surface area contributed by atoms with Gasteiger partial charge in [-0.15, -0.1) is 0 Å². The third-order valence-electron chi connectivity index (χ3n) is 5.42. The summed E-state index contributed by atoms with van der Waals surface area (Å²) in [5.41, 5.74) is 3.19.